The second kappa shape index (κ2) is 8.04. The number of anilines is 3. The van der Waals surface area contributed by atoms with Gasteiger partial charge in [0.25, 0.3) is 0 Å². The molecule has 0 saturated carbocycles. The predicted octanol–water partition coefficient (Wildman–Crippen LogP) is 6.23. The van der Waals surface area contributed by atoms with Gasteiger partial charge in [-0.15, -0.1) is 0 Å². The van der Waals surface area contributed by atoms with Gasteiger partial charge >= 0.3 is 0 Å². The smallest absolute Gasteiger partial charge is 0.0697 e. The first kappa shape index (κ1) is 16.6. The van der Waals surface area contributed by atoms with Gasteiger partial charge < -0.3 is 9.80 Å². The van der Waals surface area contributed by atoms with Gasteiger partial charge in [0.05, 0.1) is 11.4 Å². The first-order valence-corrected chi connectivity index (χ1v) is 8.05. The monoisotopic (exact) mass is 304 g/mol. The van der Waals surface area contributed by atoms with Crippen LogP contribution in [0.1, 0.15) is 20.8 Å². The summed E-state index contributed by atoms with van der Waals surface area (Å²) in [6, 6.07) is 18.8. The molecule has 2 heteroatoms. The number of para-hydroxylation sites is 3. The Morgan fingerprint density at radius 3 is 2.09 bits per heavy atom. The van der Waals surface area contributed by atoms with E-state index in [4.69, 9.17) is 0 Å². The predicted molar refractivity (Wildman–Crippen MR) is 102 cm³/mol. The van der Waals surface area contributed by atoms with Gasteiger partial charge in [-0.05, 0) is 37.3 Å². The highest BCUT2D eigenvalue weighted by Gasteiger charge is 2.20. The second-order valence-corrected chi connectivity index (χ2v) is 4.78. The zero-order valence-electron chi connectivity index (χ0n) is 14.1. The van der Waals surface area contributed by atoms with Crippen LogP contribution in [0.3, 0.4) is 0 Å². The average Bonchev–Trinajstić information content (AvgIpc) is 2.65. The maximum absolute atomic E-state index is 3.90. The molecule has 23 heavy (non-hydrogen) atoms. The van der Waals surface area contributed by atoms with Gasteiger partial charge in [-0.3, -0.25) is 0 Å². The van der Waals surface area contributed by atoms with Crippen molar-refractivity contribution in [3.05, 3.63) is 91.4 Å². The summed E-state index contributed by atoms with van der Waals surface area (Å²) in [6.07, 6.45) is 8.10. The van der Waals surface area contributed by atoms with E-state index in [0.29, 0.717) is 0 Å². The van der Waals surface area contributed by atoms with Gasteiger partial charge in [-0.2, -0.15) is 0 Å². The molecule has 0 bridgehead atoms. The molecule has 2 nitrogen and oxygen atoms in total. The molecule has 0 atom stereocenters. The second-order valence-electron chi connectivity index (χ2n) is 4.78. The summed E-state index contributed by atoms with van der Waals surface area (Å²) in [5.41, 5.74) is 4.54. The Bertz CT molecular complexity index is 699. The minimum absolute atomic E-state index is 1.08. The molecule has 1 heterocycles. The molecule has 0 saturated heterocycles. The fourth-order valence-corrected chi connectivity index (χ4v) is 2.56. The third kappa shape index (κ3) is 3.37. The van der Waals surface area contributed by atoms with E-state index >= 15 is 0 Å². The van der Waals surface area contributed by atoms with Crippen molar-refractivity contribution < 1.29 is 0 Å². The molecule has 0 radical (unpaired) electrons. The zero-order chi connectivity index (χ0) is 16.7. The van der Waals surface area contributed by atoms with Crippen LogP contribution in [0.2, 0.25) is 0 Å². The van der Waals surface area contributed by atoms with Gasteiger partial charge in [-0.1, -0.05) is 56.8 Å². The van der Waals surface area contributed by atoms with E-state index in [0.717, 1.165) is 22.8 Å². The van der Waals surface area contributed by atoms with E-state index in [-0.39, 0.29) is 0 Å². The Morgan fingerprint density at radius 1 is 0.870 bits per heavy atom. The van der Waals surface area contributed by atoms with Crippen LogP contribution in [0.25, 0.3) is 0 Å². The standard InChI is InChI=1S/C19H18N2.C2H6/c1-3-16(4-2)20-14-15-21(17-10-6-5-7-11-17)19-13-9-8-12-18(19)20;1-2/h3-15H,1H2,2H3;1-2H3/b16-4+;. The van der Waals surface area contributed by atoms with E-state index in [1.54, 1.807) is 0 Å². The van der Waals surface area contributed by atoms with E-state index < -0.39 is 0 Å². The summed E-state index contributed by atoms with van der Waals surface area (Å²) in [7, 11) is 0. The number of hydrogen-bond donors (Lipinski definition) is 0. The zero-order valence-corrected chi connectivity index (χ0v) is 14.1. The molecule has 1 aliphatic rings. The molecule has 0 fully saturated rings. The van der Waals surface area contributed by atoms with Gasteiger partial charge in [0.1, 0.15) is 0 Å². The van der Waals surface area contributed by atoms with Crippen molar-refractivity contribution in [1.82, 2.24) is 0 Å². The fraction of sp³-hybridized carbons (Fsp3) is 0.143. The number of fused-ring (bicyclic) bond motifs is 1. The highest BCUT2D eigenvalue weighted by Crippen LogP contribution is 2.39. The number of allylic oxidation sites excluding steroid dienone is 2. The summed E-state index contributed by atoms with van der Waals surface area (Å²) < 4.78 is 0. The van der Waals surface area contributed by atoms with Gasteiger partial charge in [0.15, 0.2) is 0 Å². The third-order valence-corrected chi connectivity index (χ3v) is 3.58. The van der Waals surface area contributed by atoms with E-state index in [9.17, 15) is 0 Å². The Balaban J connectivity index is 0.000000924. The fourth-order valence-electron chi connectivity index (χ4n) is 2.56. The van der Waals surface area contributed by atoms with Crippen molar-refractivity contribution in [3.63, 3.8) is 0 Å². The van der Waals surface area contributed by atoms with Crippen LogP contribution in [0.15, 0.2) is 91.4 Å². The summed E-state index contributed by atoms with van der Waals surface area (Å²) in [5.74, 6) is 0. The largest absolute Gasteiger partial charge is 0.314 e. The minimum atomic E-state index is 1.08. The van der Waals surface area contributed by atoms with Crippen LogP contribution in [-0.2, 0) is 0 Å². The SMILES string of the molecule is C=C/C(=C\C)N1C=CN(c2ccccc2)c2ccccc21.CC. The molecule has 0 aromatic heterocycles. The quantitative estimate of drug-likeness (QED) is 0.620. The van der Waals surface area contributed by atoms with Crippen LogP contribution < -0.4 is 9.80 Å². The van der Waals surface area contributed by atoms with Crippen molar-refractivity contribution in [2.45, 2.75) is 20.8 Å². The molecule has 0 N–H and O–H groups in total. The lowest BCUT2D eigenvalue weighted by atomic mass is 10.1. The van der Waals surface area contributed by atoms with Crippen LogP contribution in [0.5, 0.6) is 0 Å². The Labute approximate surface area is 139 Å². The lowest BCUT2D eigenvalue weighted by Gasteiger charge is -2.34. The molecule has 0 aliphatic carbocycles. The van der Waals surface area contributed by atoms with Crippen molar-refractivity contribution in [2.24, 2.45) is 0 Å². The molecule has 0 unspecified atom stereocenters. The van der Waals surface area contributed by atoms with Crippen LogP contribution in [0, 0.1) is 0 Å². The van der Waals surface area contributed by atoms with E-state index in [1.165, 1.54) is 0 Å². The van der Waals surface area contributed by atoms with Crippen molar-refractivity contribution in [3.8, 4) is 0 Å². The van der Waals surface area contributed by atoms with E-state index in [2.05, 4.69) is 83.4 Å². The highest BCUT2D eigenvalue weighted by atomic mass is 15.2. The molecular formula is C21H24N2. The minimum Gasteiger partial charge on any atom is -0.314 e. The van der Waals surface area contributed by atoms with Crippen molar-refractivity contribution >= 4 is 17.1 Å². The number of rotatable bonds is 3. The summed E-state index contributed by atoms with van der Waals surface area (Å²) >= 11 is 0. The molecule has 0 amide bonds. The van der Waals surface area contributed by atoms with Gasteiger partial charge in [0.2, 0.25) is 0 Å². The summed E-state index contributed by atoms with van der Waals surface area (Å²) in [4.78, 5) is 4.35. The van der Waals surface area contributed by atoms with Crippen LogP contribution >= 0.6 is 0 Å². The summed E-state index contributed by atoms with van der Waals surface area (Å²) in [5, 5.41) is 0. The number of hydrogen-bond acceptors (Lipinski definition) is 2. The summed E-state index contributed by atoms with van der Waals surface area (Å²) in [6.45, 7) is 9.92. The maximum atomic E-state index is 3.90. The van der Waals surface area contributed by atoms with Gasteiger partial charge in [-0.25, -0.2) is 0 Å². The van der Waals surface area contributed by atoms with Crippen LogP contribution in [0.4, 0.5) is 17.1 Å². The number of nitrogens with zero attached hydrogens (tertiary/aromatic N) is 2. The van der Waals surface area contributed by atoms with Crippen molar-refractivity contribution in [2.75, 3.05) is 9.80 Å². The first-order chi connectivity index (χ1) is 11.3. The van der Waals surface area contributed by atoms with Crippen LogP contribution in [-0.4, -0.2) is 0 Å². The lowest BCUT2D eigenvalue weighted by molar-refractivity contribution is 1.12. The average molecular weight is 304 g/mol. The Kier molecular flexibility index (Phi) is 5.81. The molecule has 1 aliphatic heterocycles. The third-order valence-electron chi connectivity index (χ3n) is 3.58. The normalized spacial score (nSPS) is 13.1. The highest BCUT2D eigenvalue weighted by molar-refractivity contribution is 5.83. The maximum Gasteiger partial charge on any atom is 0.0697 e. The molecular weight excluding hydrogens is 280 g/mol. The van der Waals surface area contributed by atoms with E-state index in [1.807, 2.05) is 32.9 Å². The first-order valence-electron chi connectivity index (χ1n) is 8.05. The molecule has 118 valence electrons. The van der Waals surface area contributed by atoms with Gasteiger partial charge in [0, 0.05) is 23.8 Å². The molecule has 0 spiro atoms. The topological polar surface area (TPSA) is 6.48 Å². The Hall–Kier alpha value is -2.74. The molecule has 2 aromatic rings. The lowest BCUT2D eigenvalue weighted by Crippen LogP contribution is -2.23. The Morgan fingerprint density at radius 2 is 1.48 bits per heavy atom. The molecule has 2 aromatic carbocycles. The molecule has 3 rings (SSSR count). The van der Waals surface area contributed by atoms with Crippen molar-refractivity contribution in [1.29, 1.82) is 0 Å². The number of benzene rings is 2.